The van der Waals surface area contributed by atoms with E-state index in [2.05, 4.69) is 39.9 Å². The summed E-state index contributed by atoms with van der Waals surface area (Å²) in [7, 11) is 0. The van der Waals surface area contributed by atoms with E-state index < -0.39 is 0 Å². The number of nitrogens with zero attached hydrogens (tertiary/aromatic N) is 1. The lowest BCUT2D eigenvalue weighted by Crippen LogP contribution is -2.55. The molecule has 0 bridgehead atoms. The molecule has 2 aliphatic carbocycles. The van der Waals surface area contributed by atoms with Gasteiger partial charge in [0.15, 0.2) is 0 Å². The zero-order chi connectivity index (χ0) is 22.4. The molecule has 1 heterocycles. The number of benzene rings is 3. The number of aromatic nitrogens is 1. The minimum Gasteiger partial charge on any atom is -0.334 e. The van der Waals surface area contributed by atoms with Gasteiger partial charge in [0.25, 0.3) is 0 Å². The van der Waals surface area contributed by atoms with Gasteiger partial charge in [-0.15, -0.1) is 0 Å². The largest absolute Gasteiger partial charge is 0.334 e. The number of fused-ring (bicyclic) bond motifs is 4. The van der Waals surface area contributed by atoms with Gasteiger partial charge in [0, 0.05) is 34.6 Å². The quantitative estimate of drug-likeness (QED) is 0.432. The average molecular weight is 438 g/mol. The molecule has 2 amide bonds. The van der Waals surface area contributed by atoms with Gasteiger partial charge in [-0.1, -0.05) is 42.5 Å². The molecule has 2 N–H and O–H groups in total. The highest BCUT2D eigenvalue weighted by atomic mass is 19.1. The summed E-state index contributed by atoms with van der Waals surface area (Å²) in [5.74, 6) is -0.200. The summed E-state index contributed by atoms with van der Waals surface area (Å²) in [6.07, 6.45) is 6.72. The molecular weight excluding hydrogens is 413 g/mol. The Labute approximate surface area is 191 Å². The summed E-state index contributed by atoms with van der Waals surface area (Å²) in [4.78, 5) is 17.4. The Hall–Kier alpha value is -3.73. The van der Waals surface area contributed by atoms with Crippen molar-refractivity contribution in [2.24, 2.45) is 0 Å². The summed E-state index contributed by atoms with van der Waals surface area (Å²) >= 11 is 0. The van der Waals surface area contributed by atoms with E-state index in [1.165, 1.54) is 11.1 Å². The number of aryl methyl sites for hydroxylation is 1. The van der Waals surface area contributed by atoms with Crippen LogP contribution >= 0.6 is 0 Å². The molecule has 2 aliphatic rings. The molecule has 5 heteroatoms. The van der Waals surface area contributed by atoms with Crippen LogP contribution in [0.4, 0.5) is 14.9 Å². The molecule has 1 aromatic heterocycles. The van der Waals surface area contributed by atoms with E-state index in [1.807, 2.05) is 30.3 Å². The molecule has 3 aromatic carbocycles. The zero-order valence-corrected chi connectivity index (χ0v) is 18.1. The smallest absolute Gasteiger partial charge is 0.319 e. The molecule has 1 spiro atoms. The van der Waals surface area contributed by atoms with Crippen molar-refractivity contribution in [1.82, 2.24) is 10.3 Å². The van der Waals surface area contributed by atoms with Gasteiger partial charge in [-0.2, -0.15) is 0 Å². The van der Waals surface area contributed by atoms with Crippen molar-refractivity contribution >= 4 is 22.5 Å². The zero-order valence-electron chi connectivity index (χ0n) is 18.1. The number of carbonyl (C=O) groups excluding carboxylic acids is 1. The molecule has 0 saturated heterocycles. The van der Waals surface area contributed by atoms with E-state index in [0.717, 1.165) is 53.3 Å². The first-order chi connectivity index (χ1) is 16.1. The van der Waals surface area contributed by atoms with Gasteiger partial charge in [-0.25, -0.2) is 9.18 Å². The second-order valence-electron chi connectivity index (χ2n) is 9.17. The van der Waals surface area contributed by atoms with Crippen LogP contribution in [0.2, 0.25) is 0 Å². The second kappa shape index (κ2) is 7.69. The molecule has 0 radical (unpaired) electrons. The highest BCUT2D eigenvalue weighted by molar-refractivity contribution is 6.01. The lowest BCUT2D eigenvalue weighted by atomic mass is 9.65. The maximum Gasteiger partial charge on any atom is 0.319 e. The van der Waals surface area contributed by atoms with Crippen LogP contribution in [-0.4, -0.2) is 17.1 Å². The lowest BCUT2D eigenvalue weighted by molar-refractivity contribution is 0.228. The molecule has 6 rings (SSSR count). The van der Waals surface area contributed by atoms with Crippen LogP contribution in [0.25, 0.3) is 10.8 Å². The molecule has 4 aromatic rings. The van der Waals surface area contributed by atoms with Crippen LogP contribution in [0, 0.1) is 5.82 Å². The minimum absolute atomic E-state index is 0.0560. The standard InChI is InChI=1S/C28H24FN3O/c29-22-9-10-24-18(14-22)8-11-26(28(24)15-19-4-1-2-5-20(19)16-28)32-27(33)31-25-7-3-6-21-17-30-13-12-23(21)25/h1-7,9-10,12-14,17,26H,8,11,15-16H2,(H2,31,32,33)/t26-/m1/s1. The Morgan fingerprint density at radius 3 is 2.61 bits per heavy atom. The third-order valence-corrected chi connectivity index (χ3v) is 7.34. The molecule has 4 nitrogen and oxygen atoms in total. The van der Waals surface area contributed by atoms with Gasteiger partial charge < -0.3 is 10.6 Å². The van der Waals surface area contributed by atoms with Crippen LogP contribution in [0.5, 0.6) is 0 Å². The number of amides is 2. The number of urea groups is 1. The van der Waals surface area contributed by atoms with Gasteiger partial charge in [0.05, 0.1) is 5.69 Å². The van der Waals surface area contributed by atoms with Gasteiger partial charge in [0.2, 0.25) is 0 Å². The van der Waals surface area contributed by atoms with Crippen LogP contribution in [0.3, 0.4) is 0 Å². The van der Waals surface area contributed by atoms with Crippen molar-refractivity contribution in [2.75, 3.05) is 5.32 Å². The summed E-state index contributed by atoms with van der Waals surface area (Å²) in [6.45, 7) is 0. The Balaban J connectivity index is 1.33. The number of pyridine rings is 1. The highest BCUT2D eigenvalue weighted by Crippen LogP contribution is 2.47. The van der Waals surface area contributed by atoms with Crippen LogP contribution in [0.15, 0.2) is 79.1 Å². The molecule has 164 valence electrons. The number of rotatable bonds is 2. The third-order valence-electron chi connectivity index (χ3n) is 7.34. The van der Waals surface area contributed by atoms with Crippen molar-refractivity contribution in [1.29, 1.82) is 0 Å². The monoisotopic (exact) mass is 437 g/mol. The number of anilines is 1. The van der Waals surface area contributed by atoms with Crippen molar-refractivity contribution in [3.8, 4) is 0 Å². The summed E-state index contributed by atoms with van der Waals surface area (Å²) < 4.78 is 14.0. The van der Waals surface area contributed by atoms with E-state index in [-0.39, 0.29) is 23.3 Å². The van der Waals surface area contributed by atoms with Crippen molar-refractivity contribution < 1.29 is 9.18 Å². The Morgan fingerprint density at radius 2 is 1.79 bits per heavy atom. The number of carbonyl (C=O) groups is 1. The van der Waals surface area contributed by atoms with Crippen LogP contribution in [0.1, 0.15) is 28.7 Å². The third kappa shape index (κ3) is 3.35. The Kier molecular flexibility index (Phi) is 4.64. The SMILES string of the molecule is O=C(Nc1cccc2cnccc12)N[C@@H]1CCc2cc(F)ccc2C12Cc1ccccc1C2. The first-order valence-electron chi connectivity index (χ1n) is 11.4. The lowest BCUT2D eigenvalue weighted by Gasteiger charge is -2.43. The van der Waals surface area contributed by atoms with Crippen LogP contribution in [-0.2, 0) is 24.7 Å². The maximum atomic E-state index is 14.0. The topological polar surface area (TPSA) is 54.0 Å². The molecule has 0 unspecified atom stereocenters. The van der Waals surface area contributed by atoms with E-state index >= 15 is 0 Å². The van der Waals surface area contributed by atoms with Gasteiger partial charge >= 0.3 is 6.03 Å². The van der Waals surface area contributed by atoms with Crippen molar-refractivity contribution in [2.45, 2.75) is 37.1 Å². The normalized spacial score (nSPS) is 18.0. The van der Waals surface area contributed by atoms with E-state index in [1.54, 1.807) is 24.5 Å². The fourth-order valence-electron chi connectivity index (χ4n) is 5.86. The number of hydrogen-bond donors (Lipinski definition) is 2. The molecular formula is C28H24FN3O. The highest BCUT2D eigenvalue weighted by Gasteiger charge is 2.48. The predicted molar refractivity (Wildman–Crippen MR) is 128 cm³/mol. The Morgan fingerprint density at radius 1 is 0.970 bits per heavy atom. The summed E-state index contributed by atoms with van der Waals surface area (Å²) in [5, 5.41) is 8.28. The van der Waals surface area contributed by atoms with Crippen molar-refractivity contribution in [3.63, 3.8) is 0 Å². The number of nitrogens with one attached hydrogen (secondary N) is 2. The average Bonchev–Trinajstić information content (AvgIpc) is 3.21. The molecule has 0 fully saturated rings. The van der Waals surface area contributed by atoms with Gasteiger partial charge in [-0.05, 0) is 72.2 Å². The van der Waals surface area contributed by atoms with Gasteiger partial charge in [0.1, 0.15) is 5.82 Å². The van der Waals surface area contributed by atoms with Crippen LogP contribution < -0.4 is 10.6 Å². The fraction of sp³-hybridized carbons (Fsp3) is 0.214. The van der Waals surface area contributed by atoms with E-state index in [0.29, 0.717) is 0 Å². The van der Waals surface area contributed by atoms with E-state index in [9.17, 15) is 9.18 Å². The maximum absolute atomic E-state index is 14.0. The molecule has 0 aliphatic heterocycles. The van der Waals surface area contributed by atoms with Crippen molar-refractivity contribution in [3.05, 3.63) is 107 Å². The predicted octanol–water partition coefficient (Wildman–Crippen LogP) is 5.55. The molecule has 1 atom stereocenters. The second-order valence-corrected chi connectivity index (χ2v) is 9.17. The molecule has 33 heavy (non-hydrogen) atoms. The number of halogens is 1. The fourth-order valence-corrected chi connectivity index (χ4v) is 5.86. The summed E-state index contributed by atoms with van der Waals surface area (Å²) in [6, 6.07) is 21.1. The van der Waals surface area contributed by atoms with Gasteiger partial charge in [-0.3, -0.25) is 4.98 Å². The summed E-state index contributed by atoms with van der Waals surface area (Å²) in [5.41, 5.74) is 5.32. The minimum atomic E-state index is -0.273. The number of hydrogen-bond acceptors (Lipinski definition) is 2. The first kappa shape index (κ1) is 19.9. The Bertz CT molecular complexity index is 1350. The molecule has 0 saturated carbocycles. The first-order valence-corrected chi connectivity index (χ1v) is 11.4. The van der Waals surface area contributed by atoms with E-state index in [4.69, 9.17) is 0 Å².